The van der Waals surface area contributed by atoms with Crippen LogP contribution in [-0.4, -0.2) is 13.7 Å². The van der Waals surface area contributed by atoms with Gasteiger partial charge >= 0.3 is 0 Å². The molecule has 3 aromatic rings. The summed E-state index contributed by atoms with van der Waals surface area (Å²) in [4.78, 5) is 0. The molecule has 0 aliphatic carbocycles. The third-order valence-electron chi connectivity index (χ3n) is 4.49. The molecule has 3 rings (SSSR count). The van der Waals surface area contributed by atoms with Crippen LogP contribution in [0.1, 0.15) is 16.7 Å². The third kappa shape index (κ3) is 6.78. The van der Waals surface area contributed by atoms with Gasteiger partial charge in [0.25, 0.3) is 0 Å². The summed E-state index contributed by atoms with van der Waals surface area (Å²) in [6, 6.07) is 18.1. The summed E-state index contributed by atoms with van der Waals surface area (Å²) in [5.74, 6) is 0.740. The highest BCUT2D eigenvalue weighted by Gasteiger charge is 2.11. The Morgan fingerprint density at radius 1 is 0.933 bits per heavy atom. The van der Waals surface area contributed by atoms with E-state index in [1.165, 1.54) is 11.6 Å². The van der Waals surface area contributed by atoms with Crippen LogP contribution in [0.15, 0.2) is 60.7 Å². The van der Waals surface area contributed by atoms with E-state index in [-0.39, 0.29) is 19.0 Å². The smallest absolute Gasteiger partial charge is 0.161 e. The molecule has 7 heteroatoms. The van der Waals surface area contributed by atoms with Crippen molar-refractivity contribution in [1.29, 1.82) is 0 Å². The summed E-state index contributed by atoms with van der Waals surface area (Å²) in [6.45, 7) is 1.57. The highest BCUT2D eigenvalue weighted by Crippen LogP contribution is 2.30. The predicted molar refractivity (Wildman–Crippen MR) is 123 cm³/mol. The topological polar surface area (TPSA) is 30.5 Å². The molecule has 160 valence electrons. The lowest BCUT2D eigenvalue weighted by molar-refractivity contribution is 0.279. The molecular weight excluding hydrogens is 448 g/mol. The molecule has 0 aromatic heterocycles. The molecule has 1 N–H and O–H groups in total. The quantitative estimate of drug-likeness (QED) is 0.363. The molecule has 0 bridgehead atoms. The van der Waals surface area contributed by atoms with Gasteiger partial charge in [-0.05, 0) is 60.5 Å². The molecule has 0 spiro atoms. The summed E-state index contributed by atoms with van der Waals surface area (Å²) < 4.78 is 25.1. The SMILES string of the molecule is COc1cc(CNCCc2ccc(Cl)cc2)ccc1OCc1c(F)cccc1Cl.Cl. The number of methoxy groups -OCH3 is 1. The van der Waals surface area contributed by atoms with Gasteiger partial charge < -0.3 is 14.8 Å². The molecule has 0 saturated carbocycles. The fourth-order valence-electron chi connectivity index (χ4n) is 2.88. The summed E-state index contributed by atoms with van der Waals surface area (Å²) >= 11 is 12.0. The molecule has 30 heavy (non-hydrogen) atoms. The van der Waals surface area contributed by atoms with Crippen molar-refractivity contribution in [3.63, 3.8) is 0 Å². The van der Waals surface area contributed by atoms with Crippen LogP contribution in [0.5, 0.6) is 11.5 Å². The van der Waals surface area contributed by atoms with Crippen molar-refractivity contribution in [2.75, 3.05) is 13.7 Å². The second-order valence-electron chi connectivity index (χ2n) is 6.53. The Morgan fingerprint density at radius 2 is 1.67 bits per heavy atom. The first-order valence-corrected chi connectivity index (χ1v) is 10.00. The number of halogens is 4. The first-order chi connectivity index (χ1) is 14.1. The molecule has 0 heterocycles. The second-order valence-corrected chi connectivity index (χ2v) is 7.37. The maximum absolute atomic E-state index is 13.9. The molecule has 0 radical (unpaired) electrons. The molecular formula is C23H23Cl3FNO2. The van der Waals surface area contributed by atoms with E-state index in [9.17, 15) is 4.39 Å². The molecule has 0 unspecified atom stereocenters. The summed E-state index contributed by atoms with van der Waals surface area (Å²) in [7, 11) is 1.58. The zero-order valence-electron chi connectivity index (χ0n) is 16.5. The fraction of sp³-hybridized carbons (Fsp3) is 0.217. The van der Waals surface area contributed by atoms with Gasteiger partial charge in [0.15, 0.2) is 11.5 Å². The van der Waals surface area contributed by atoms with Crippen LogP contribution in [0.25, 0.3) is 0 Å². The second kappa shape index (κ2) is 12.0. The highest BCUT2D eigenvalue weighted by molar-refractivity contribution is 6.31. The number of benzene rings is 3. The van der Waals surface area contributed by atoms with Crippen molar-refractivity contribution in [2.45, 2.75) is 19.6 Å². The van der Waals surface area contributed by atoms with Crippen molar-refractivity contribution in [2.24, 2.45) is 0 Å². The van der Waals surface area contributed by atoms with E-state index < -0.39 is 5.82 Å². The van der Waals surface area contributed by atoms with Gasteiger partial charge in [-0.1, -0.05) is 47.5 Å². The Kier molecular flexibility index (Phi) is 9.73. The van der Waals surface area contributed by atoms with Crippen molar-refractivity contribution in [3.8, 4) is 11.5 Å². The Morgan fingerprint density at radius 3 is 2.37 bits per heavy atom. The highest BCUT2D eigenvalue weighted by atomic mass is 35.5. The number of hydrogen-bond donors (Lipinski definition) is 1. The summed E-state index contributed by atoms with van der Waals surface area (Å²) in [6.07, 6.45) is 0.916. The van der Waals surface area contributed by atoms with Crippen molar-refractivity contribution in [3.05, 3.63) is 93.2 Å². The van der Waals surface area contributed by atoms with E-state index in [1.54, 1.807) is 19.2 Å². The Hall–Kier alpha value is -1.98. The van der Waals surface area contributed by atoms with Crippen molar-refractivity contribution < 1.29 is 13.9 Å². The lowest BCUT2D eigenvalue weighted by Crippen LogP contribution is -2.16. The first-order valence-electron chi connectivity index (χ1n) is 9.24. The Labute approximate surface area is 192 Å². The molecule has 3 nitrogen and oxygen atoms in total. The zero-order valence-corrected chi connectivity index (χ0v) is 18.8. The molecule has 0 aliphatic rings. The number of ether oxygens (including phenoxy) is 2. The minimum Gasteiger partial charge on any atom is -0.493 e. The maximum atomic E-state index is 13.9. The van der Waals surface area contributed by atoms with E-state index in [4.69, 9.17) is 32.7 Å². The Balaban J connectivity index is 0.00000320. The standard InChI is InChI=1S/C23H22Cl2FNO2.ClH/c1-28-23-13-17(14-27-12-11-16-5-8-18(24)9-6-16)7-10-22(23)29-15-19-20(25)3-2-4-21(19)26;/h2-10,13,27H,11-12,14-15H2,1H3;1H. The van der Waals surface area contributed by atoms with Crippen LogP contribution in [0.3, 0.4) is 0 Å². The fourth-order valence-corrected chi connectivity index (χ4v) is 3.22. The Bertz CT molecular complexity index is 931. The minimum atomic E-state index is -0.391. The molecule has 3 aromatic carbocycles. The van der Waals surface area contributed by atoms with Gasteiger partial charge in [-0.25, -0.2) is 4.39 Å². The van der Waals surface area contributed by atoms with E-state index in [0.29, 0.717) is 28.6 Å². The predicted octanol–water partition coefficient (Wildman–Crippen LogP) is 6.47. The van der Waals surface area contributed by atoms with Gasteiger partial charge in [0.05, 0.1) is 12.1 Å². The van der Waals surface area contributed by atoms with Crippen LogP contribution >= 0.6 is 35.6 Å². The first kappa shape index (κ1) is 24.3. The van der Waals surface area contributed by atoms with Crippen LogP contribution in [0.4, 0.5) is 4.39 Å². The van der Waals surface area contributed by atoms with Gasteiger partial charge in [-0.3, -0.25) is 0 Å². The van der Waals surface area contributed by atoms with Gasteiger partial charge in [0.1, 0.15) is 12.4 Å². The monoisotopic (exact) mass is 469 g/mol. The number of hydrogen-bond acceptors (Lipinski definition) is 3. The van der Waals surface area contributed by atoms with Crippen LogP contribution in [-0.2, 0) is 19.6 Å². The third-order valence-corrected chi connectivity index (χ3v) is 5.10. The number of rotatable bonds is 9. The van der Waals surface area contributed by atoms with E-state index >= 15 is 0 Å². The average Bonchev–Trinajstić information content (AvgIpc) is 2.72. The maximum Gasteiger partial charge on any atom is 0.161 e. The molecule has 0 saturated heterocycles. The van der Waals surface area contributed by atoms with Crippen LogP contribution in [0.2, 0.25) is 10.0 Å². The van der Waals surface area contributed by atoms with E-state index in [0.717, 1.165) is 23.6 Å². The summed E-state index contributed by atoms with van der Waals surface area (Å²) in [5.41, 5.74) is 2.62. The van der Waals surface area contributed by atoms with Crippen LogP contribution < -0.4 is 14.8 Å². The largest absolute Gasteiger partial charge is 0.493 e. The molecule has 0 fully saturated rings. The van der Waals surface area contributed by atoms with Gasteiger partial charge in [-0.15, -0.1) is 12.4 Å². The average molecular weight is 471 g/mol. The van der Waals surface area contributed by atoms with Crippen molar-refractivity contribution in [1.82, 2.24) is 5.32 Å². The minimum absolute atomic E-state index is 0. The molecule has 0 atom stereocenters. The lowest BCUT2D eigenvalue weighted by Gasteiger charge is -2.14. The van der Waals surface area contributed by atoms with Gasteiger partial charge in [-0.2, -0.15) is 0 Å². The lowest BCUT2D eigenvalue weighted by atomic mass is 10.1. The summed E-state index contributed by atoms with van der Waals surface area (Å²) in [5, 5.41) is 4.49. The molecule has 0 aliphatic heterocycles. The van der Waals surface area contributed by atoms with Crippen molar-refractivity contribution >= 4 is 35.6 Å². The molecule has 0 amide bonds. The normalized spacial score (nSPS) is 10.4. The van der Waals surface area contributed by atoms with Gasteiger partial charge in [0.2, 0.25) is 0 Å². The van der Waals surface area contributed by atoms with E-state index in [1.807, 2.05) is 42.5 Å². The number of nitrogens with one attached hydrogen (secondary N) is 1. The zero-order chi connectivity index (χ0) is 20.6. The van der Waals surface area contributed by atoms with Gasteiger partial charge in [0, 0.05) is 17.1 Å². The van der Waals surface area contributed by atoms with E-state index in [2.05, 4.69) is 5.32 Å². The van der Waals surface area contributed by atoms with Crippen LogP contribution in [0, 0.1) is 5.82 Å².